The lowest BCUT2D eigenvalue weighted by Crippen LogP contribution is -2.02. The summed E-state index contributed by atoms with van der Waals surface area (Å²) in [5, 5.41) is 0. The standard InChI is InChI=1S/C16H15F3O/c1-11-15(18)9-13(10-16(11)19)20-8-4-6-12-5-2-3-7-14(12)17/h2-3,5,7,9-10H,4,6,8H2,1H3. The highest BCUT2D eigenvalue weighted by Crippen LogP contribution is 2.20. The van der Waals surface area contributed by atoms with Gasteiger partial charge in [-0.15, -0.1) is 0 Å². The van der Waals surface area contributed by atoms with Gasteiger partial charge in [-0.3, -0.25) is 0 Å². The molecule has 0 radical (unpaired) electrons. The summed E-state index contributed by atoms with van der Waals surface area (Å²) in [6.45, 7) is 1.64. The lowest BCUT2D eigenvalue weighted by Gasteiger charge is -2.08. The Bertz CT molecular complexity index is 573. The number of hydrogen-bond acceptors (Lipinski definition) is 1. The zero-order valence-electron chi connectivity index (χ0n) is 11.1. The quantitative estimate of drug-likeness (QED) is 0.736. The van der Waals surface area contributed by atoms with Crippen LogP contribution in [-0.4, -0.2) is 6.61 Å². The van der Waals surface area contributed by atoms with Gasteiger partial charge in [0.05, 0.1) is 6.61 Å². The summed E-state index contributed by atoms with van der Waals surface area (Å²) >= 11 is 0. The van der Waals surface area contributed by atoms with Gasteiger partial charge in [-0.05, 0) is 31.4 Å². The molecule has 0 aliphatic rings. The zero-order chi connectivity index (χ0) is 14.5. The molecule has 0 fully saturated rings. The third-order valence-corrected chi connectivity index (χ3v) is 3.07. The maximum atomic E-state index is 13.4. The van der Waals surface area contributed by atoms with Crippen molar-refractivity contribution in [3.05, 3.63) is 65.0 Å². The van der Waals surface area contributed by atoms with E-state index in [9.17, 15) is 13.2 Å². The first-order valence-electron chi connectivity index (χ1n) is 6.40. The van der Waals surface area contributed by atoms with Crippen molar-refractivity contribution in [2.24, 2.45) is 0 Å². The molecule has 0 saturated heterocycles. The Morgan fingerprint density at radius 1 is 0.950 bits per heavy atom. The molecule has 4 heteroatoms. The Labute approximate surface area is 116 Å². The fourth-order valence-corrected chi connectivity index (χ4v) is 1.86. The molecule has 2 aromatic rings. The van der Waals surface area contributed by atoms with Gasteiger partial charge >= 0.3 is 0 Å². The van der Waals surface area contributed by atoms with Crippen LogP contribution in [0.25, 0.3) is 0 Å². The van der Waals surface area contributed by atoms with E-state index in [2.05, 4.69) is 0 Å². The average molecular weight is 280 g/mol. The van der Waals surface area contributed by atoms with Gasteiger partial charge in [-0.1, -0.05) is 18.2 Å². The summed E-state index contributed by atoms with van der Waals surface area (Å²) in [6, 6.07) is 8.82. The maximum absolute atomic E-state index is 13.4. The molecule has 106 valence electrons. The SMILES string of the molecule is Cc1c(F)cc(OCCCc2ccccc2F)cc1F. The van der Waals surface area contributed by atoms with Crippen LogP contribution in [0.4, 0.5) is 13.2 Å². The van der Waals surface area contributed by atoms with E-state index in [4.69, 9.17) is 4.74 Å². The average Bonchev–Trinajstić information content (AvgIpc) is 2.42. The summed E-state index contributed by atoms with van der Waals surface area (Å²) in [4.78, 5) is 0. The highest BCUT2D eigenvalue weighted by Gasteiger charge is 2.07. The minimum atomic E-state index is -0.630. The highest BCUT2D eigenvalue weighted by atomic mass is 19.1. The molecule has 0 aliphatic carbocycles. The van der Waals surface area contributed by atoms with Crippen molar-refractivity contribution >= 4 is 0 Å². The number of benzene rings is 2. The van der Waals surface area contributed by atoms with E-state index in [0.29, 0.717) is 18.4 Å². The third kappa shape index (κ3) is 3.53. The van der Waals surface area contributed by atoms with Crippen LogP contribution >= 0.6 is 0 Å². The Kier molecular flexibility index (Phi) is 4.66. The predicted octanol–water partition coefficient (Wildman–Crippen LogP) is 4.42. The molecule has 0 unspecified atom stereocenters. The molecular formula is C16H15F3O. The van der Waals surface area contributed by atoms with E-state index in [-0.39, 0.29) is 23.7 Å². The van der Waals surface area contributed by atoms with E-state index in [0.717, 1.165) is 12.1 Å². The largest absolute Gasteiger partial charge is 0.493 e. The first-order chi connectivity index (χ1) is 9.58. The molecule has 20 heavy (non-hydrogen) atoms. The van der Waals surface area contributed by atoms with Crippen LogP contribution in [-0.2, 0) is 6.42 Å². The Morgan fingerprint density at radius 2 is 1.60 bits per heavy atom. The van der Waals surface area contributed by atoms with Gasteiger partial charge in [0.25, 0.3) is 0 Å². The van der Waals surface area contributed by atoms with Crippen LogP contribution in [0.5, 0.6) is 5.75 Å². The molecule has 0 aromatic heterocycles. The normalized spacial score (nSPS) is 10.6. The Morgan fingerprint density at radius 3 is 2.25 bits per heavy atom. The molecule has 1 nitrogen and oxygen atoms in total. The molecule has 0 aliphatic heterocycles. The zero-order valence-corrected chi connectivity index (χ0v) is 11.1. The number of rotatable bonds is 5. The minimum Gasteiger partial charge on any atom is -0.493 e. The van der Waals surface area contributed by atoms with Crippen molar-refractivity contribution in [2.45, 2.75) is 19.8 Å². The Balaban J connectivity index is 1.86. The van der Waals surface area contributed by atoms with Gasteiger partial charge in [-0.2, -0.15) is 0 Å². The molecule has 0 bridgehead atoms. The molecule has 2 rings (SSSR count). The van der Waals surface area contributed by atoms with Crippen LogP contribution in [0.1, 0.15) is 17.5 Å². The van der Waals surface area contributed by atoms with Crippen LogP contribution < -0.4 is 4.74 Å². The summed E-state index contributed by atoms with van der Waals surface area (Å²) in [7, 11) is 0. The van der Waals surface area contributed by atoms with E-state index >= 15 is 0 Å². The van der Waals surface area contributed by atoms with Gasteiger partial charge in [-0.25, -0.2) is 13.2 Å². The molecule has 2 aromatic carbocycles. The molecule has 0 spiro atoms. The number of aryl methyl sites for hydroxylation is 1. The summed E-state index contributed by atoms with van der Waals surface area (Å²) in [6.07, 6.45) is 1.08. The van der Waals surface area contributed by atoms with Crippen molar-refractivity contribution in [2.75, 3.05) is 6.61 Å². The fraction of sp³-hybridized carbons (Fsp3) is 0.250. The fourth-order valence-electron chi connectivity index (χ4n) is 1.86. The summed E-state index contributed by atoms with van der Waals surface area (Å²) in [5.74, 6) is -1.36. The van der Waals surface area contributed by atoms with Crippen molar-refractivity contribution in [3.63, 3.8) is 0 Å². The number of hydrogen-bond donors (Lipinski definition) is 0. The van der Waals surface area contributed by atoms with Crippen molar-refractivity contribution in [1.82, 2.24) is 0 Å². The topological polar surface area (TPSA) is 9.23 Å². The minimum absolute atomic E-state index is 0.0243. The monoisotopic (exact) mass is 280 g/mol. The van der Waals surface area contributed by atoms with Crippen LogP contribution in [0.15, 0.2) is 36.4 Å². The van der Waals surface area contributed by atoms with E-state index in [1.165, 1.54) is 13.0 Å². The van der Waals surface area contributed by atoms with E-state index in [1.54, 1.807) is 18.2 Å². The van der Waals surface area contributed by atoms with Gasteiger partial charge in [0.15, 0.2) is 0 Å². The molecule has 0 amide bonds. The first kappa shape index (κ1) is 14.4. The molecule has 0 N–H and O–H groups in total. The highest BCUT2D eigenvalue weighted by molar-refractivity contribution is 5.29. The van der Waals surface area contributed by atoms with Gasteiger partial charge in [0.1, 0.15) is 23.2 Å². The third-order valence-electron chi connectivity index (χ3n) is 3.07. The summed E-state index contributed by atoms with van der Waals surface area (Å²) < 4.78 is 45.2. The summed E-state index contributed by atoms with van der Waals surface area (Å²) in [5.41, 5.74) is 0.584. The van der Waals surface area contributed by atoms with Gasteiger partial charge in [0.2, 0.25) is 0 Å². The van der Waals surface area contributed by atoms with Crippen molar-refractivity contribution < 1.29 is 17.9 Å². The lowest BCUT2D eigenvalue weighted by molar-refractivity contribution is 0.306. The predicted molar refractivity (Wildman–Crippen MR) is 71.3 cm³/mol. The van der Waals surface area contributed by atoms with Crippen LogP contribution in [0.3, 0.4) is 0 Å². The van der Waals surface area contributed by atoms with Crippen LogP contribution in [0.2, 0.25) is 0 Å². The molecule has 0 saturated carbocycles. The molecular weight excluding hydrogens is 265 g/mol. The Hall–Kier alpha value is -1.97. The second kappa shape index (κ2) is 6.46. The first-order valence-corrected chi connectivity index (χ1v) is 6.40. The number of ether oxygens (including phenoxy) is 1. The van der Waals surface area contributed by atoms with E-state index in [1.807, 2.05) is 0 Å². The van der Waals surface area contributed by atoms with Gasteiger partial charge in [0, 0.05) is 17.7 Å². The molecule has 0 heterocycles. The van der Waals surface area contributed by atoms with Crippen LogP contribution in [0, 0.1) is 24.4 Å². The van der Waals surface area contributed by atoms with Crippen molar-refractivity contribution in [3.8, 4) is 5.75 Å². The molecule has 0 atom stereocenters. The lowest BCUT2D eigenvalue weighted by atomic mass is 10.1. The smallest absolute Gasteiger partial charge is 0.132 e. The van der Waals surface area contributed by atoms with E-state index < -0.39 is 11.6 Å². The maximum Gasteiger partial charge on any atom is 0.132 e. The van der Waals surface area contributed by atoms with Crippen molar-refractivity contribution in [1.29, 1.82) is 0 Å². The van der Waals surface area contributed by atoms with Gasteiger partial charge < -0.3 is 4.74 Å². The second-order valence-corrected chi connectivity index (χ2v) is 4.56. The second-order valence-electron chi connectivity index (χ2n) is 4.56. The number of halogens is 3.